The van der Waals surface area contributed by atoms with E-state index < -0.39 is 29.9 Å². The number of imide groups is 1. The molecule has 3 heterocycles. The van der Waals surface area contributed by atoms with Gasteiger partial charge in [-0.2, -0.15) is 0 Å². The fourth-order valence-corrected chi connectivity index (χ4v) is 6.01. The lowest BCUT2D eigenvalue weighted by Crippen LogP contribution is -2.49. The van der Waals surface area contributed by atoms with E-state index in [1.807, 2.05) is 71.6 Å². The summed E-state index contributed by atoms with van der Waals surface area (Å²) in [6, 6.07) is 22.5. The number of rotatable bonds is 6. The molecule has 0 aliphatic carbocycles. The van der Waals surface area contributed by atoms with Crippen LogP contribution in [0.25, 0.3) is 6.08 Å². The fourth-order valence-electron chi connectivity index (χ4n) is 6.01. The van der Waals surface area contributed by atoms with Crippen LogP contribution in [0, 0.1) is 11.8 Å². The highest BCUT2D eigenvalue weighted by atomic mass is 16.5. The van der Waals surface area contributed by atoms with Gasteiger partial charge in [0.25, 0.3) is 0 Å². The van der Waals surface area contributed by atoms with Gasteiger partial charge in [0.1, 0.15) is 11.8 Å². The van der Waals surface area contributed by atoms with Crippen LogP contribution in [0.3, 0.4) is 0 Å². The van der Waals surface area contributed by atoms with Gasteiger partial charge in [0.05, 0.1) is 17.9 Å². The fraction of sp³-hybridized carbons (Fsp3) is 0.226. The first-order valence-corrected chi connectivity index (χ1v) is 12.7. The Labute approximate surface area is 220 Å². The van der Waals surface area contributed by atoms with Gasteiger partial charge in [0, 0.05) is 24.7 Å². The number of nitrogens with zero attached hydrogens (tertiary/aromatic N) is 2. The Balaban J connectivity index is 1.36. The van der Waals surface area contributed by atoms with E-state index in [-0.39, 0.29) is 24.1 Å². The minimum absolute atomic E-state index is 0.226. The molecule has 0 radical (unpaired) electrons. The van der Waals surface area contributed by atoms with Crippen LogP contribution >= 0.6 is 0 Å². The van der Waals surface area contributed by atoms with Crippen molar-refractivity contribution in [1.29, 1.82) is 0 Å². The molecular weight excluding hydrogens is 480 g/mol. The lowest BCUT2D eigenvalue weighted by atomic mass is 9.86. The Bertz CT molecular complexity index is 1460. The standard InChI is InChI=1S/C31H26N2O5/c1-19(34)38-23-14-11-22(12-15-23)29(35)28-27-26(25-16-13-21-9-5-6-10-24(21)33(25)28)30(36)32(31(27)37)18-17-20-7-3-2-4-8-20/h2-16,25-28H,17-18H2,1H3/t25-,26-,27-,28+/m0/s1. The molecule has 7 heteroatoms. The molecule has 190 valence electrons. The molecule has 3 aromatic rings. The molecule has 0 unspecified atom stereocenters. The van der Waals surface area contributed by atoms with Gasteiger partial charge in [0.2, 0.25) is 11.8 Å². The molecule has 2 fully saturated rings. The highest BCUT2D eigenvalue weighted by Crippen LogP contribution is 2.49. The van der Waals surface area contributed by atoms with E-state index in [0.717, 1.165) is 16.8 Å². The minimum atomic E-state index is -0.839. The van der Waals surface area contributed by atoms with Crippen LogP contribution in [0.5, 0.6) is 5.75 Å². The number of hydrogen-bond acceptors (Lipinski definition) is 6. The van der Waals surface area contributed by atoms with Crippen LogP contribution in [0.15, 0.2) is 84.9 Å². The molecule has 2 saturated heterocycles. The van der Waals surface area contributed by atoms with E-state index in [1.54, 1.807) is 24.3 Å². The van der Waals surface area contributed by atoms with Crippen molar-refractivity contribution in [1.82, 2.24) is 4.90 Å². The number of carbonyl (C=O) groups is 4. The molecule has 0 aromatic heterocycles. The minimum Gasteiger partial charge on any atom is -0.427 e. The summed E-state index contributed by atoms with van der Waals surface area (Å²) in [4.78, 5) is 56.2. The van der Waals surface area contributed by atoms with Gasteiger partial charge < -0.3 is 9.64 Å². The SMILES string of the molecule is CC(=O)Oc1ccc(C(=O)[C@H]2[C@H]3C(=O)N(CCc4ccccc4)C(=O)[C@H]3[C@@H]3C=Cc4ccccc4N32)cc1. The van der Waals surface area contributed by atoms with Crippen LogP contribution < -0.4 is 9.64 Å². The third kappa shape index (κ3) is 3.91. The van der Waals surface area contributed by atoms with E-state index in [1.165, 1.54) is 11.8 Å². The van der Waals surface area contributed by atoms with Gasteiger partial charge in [-0.15, -0.1) is 0 Å². The Morgan fingerprint density at radius 1 is 0.842 bits per heavy atom. The lowest BCUT2D eigenvalue weighted by Gasteiger charge is -2.36. The number of benzene rings is 3. The molecule has 7 nitrogen and oxygen atoms in total. The number of carbonyl (C=O) groups excluding carboxylic acids is 4. The Morgan fingerprint density at radius 3 is 2.26 bits per heavy atom. The largest absolute Gasteiger partial charge is 0.427 e. The Hall–Kier alpha value is -4.52. The number of para-hydroxylation sites is 1. The van der Waals surface area contributed by atoms with Crippen molar-refractivity contribution >= 4 is 35.3 Å². The van der Waals surface area contributed by atoms with E-state index in [0.29, 0.717) is 17.7 Å². The summed E-state index contributed by atoms with van der Waals surface area (Å²) in [5.41, 5.74) is 3.20. The zero-order chi connectivity index (χ0) is 26.4. The van der Waals surface area contributed by atoms with Gasteiger partial charge in [-0.3, -0.25) is 24.1 Å². The maximum Gasteiger partial charge on any atom is 0.308 e. The van der Waals surface area contributed by atoms with Crippen molar-refractivity contribution in [3.8, 4) is 5.75 Å². The number of ketones is 1. The molecule has 3 aliphatic heterocycles. The van der Waals surface area contributed by atoms with Crippen molar-refractivity contribution in [2.45, 2.75) is 25.4 Å². The number of esters is 1. The number of ether oxygens (including phenoxy) is 1. The monoisotopic (exact) mass is 506 g/mol. The number of hydrogen-bond donors (Lipinski definition) is 0. The Morgan fingerprint density at radius 2 is 1.53 bits per heavy atom. The van der Waals surface area contributed by atoms with E-state index >= 15 is 0 Å². The first-order chi connectivity index (χ1) is 18.4. The Kier molecular flexibility index (Phi) is 5.91. The van der Waals surface area contributed by atoms with E-state index in [2.05, 4.69) is 0 Å². The van der Waals surface area contributed by atoms with Gasteiger partial charge >= 0.3 is 5.97 Å². The molecule has 2 amide bonds. The van der Waals surface area contributed by atoms with Gasteiger partial charge in [-0.05, 0) is 47.9 Å². The van der Waals surface area contributed by atoms with Crippen LogP contribution in [-0.4, -0.2) is 47.1 Å². The lowest BCUT2D eigenvalue weighted by molar-refractivity contribution is -0.140. The van der Waals surface area contributed by atoms with Crippen molar-refractivity contribution < 1.29 is 23.9 Å². The van der Waals surface area contributed by atoms with Crippen LogP contribution in [-0.2, 0) is 20.8 Å². The predicted molar refractivity (Wildman–Crippen MR) is 141 cm³/mol. The molecule has 6 rings (SSSR count). The smallest absolute Gasteiger partial charge is 0.308 e. The molecular formula is C31H26N2O5. The molecule has 38 heavy (non-hydrogen) atoms. The summed E-state index contributed by atoms with van der Waals surface area (Å²) in [5, 5.41) is 0. The summed E-state index contributed by atoms with van der Waals surface area (Å²) in [6.07, 6.45) is 4.47. The molecule has 0 saturated carbocycles. The number of likely N-dealkylation sites (tertiary alicyclic amines) is 1. The van der Waals surface area contributed by atoms with Gasteiger partial charge in [-0.25, -0.2) is 0 Å². The summed E-state index contributed by atoms with van der Waals surface area (Å²) >= 11 is 0. The van der Waals surface area contributed by atoms with Gasteiger partial charge in [0.15, 0.2) is 5.78 Å². The zero-order valence-electron chi connectivity index (χ0n) is 20.8. The number of fused-ring (bicyclic) bond motifs is 5. The van der Waals surface area contributed by atoms with Gasteiger partial charge in [-0.1, -0.05) is 60.7 Å². The second-order valence-corrected chi connectivity index (χ2v) is 9.86. The number of Topliss-reactive ketones (excluding diaryl/α,β-unsaturated/α-hetero) is 1. The second-order valence-electron chi connectivity index (χ2n) is 9.86. The molecule has 0 bridgehead atoms. The molecule has 3 aliphatic rings. The van der Waals surface area contributed by atoms with E-state index in [9.17, 15) is 19.2 Å². The van der Waals surface area contributed by atoms with Crippen molar-refractivity contribution in [3.63, 3.8) is 0 Å². The van der Waals surface area contributed by atoms with Crippen molar-refractivity contribution in [2.75, 3.05) is 11.4 Å². The topological polar surface area (TPSA) is 84.0 Å². The maximum absolute atomic E-state index is 14.1. The van der Waals surface area contributed by atoms with E-state index in [4.69, 9.17) is 4.74 Å². The third-order valence-corrected chi connectivity index (χ3v) is 7.64. The average molecular weight is 507 g/mol. The van der Waals surface area contributed by atoms with Crippen LogP contribution in [0.2, 0.25) is 0 Å². The molecule has 0 N–H and O–H groups in total. The summed E-state index contributed by atoms with van der Waals surface area (Å²) in [5.74, 6) is -2.32. The molecule has 0 spiro atoms. The predicted octanol–water partition coefficient (Wildman–Crippen LogP) is 3.92. The van der Waals surface area contributed by atoms with Crippen LogP contribution in [0.1, 0.15) is 28.4 Å². The number of anilines is 1. The quantitative estimate of drug-likeness (QED) is 0.218. The normalized spacial score (nSPS) is 23.2. The zero-order valence-corrected chi connectivity index (χ0v) is 20.8. The highest BCUT2D eigenvalue weighted by molar-refractivity contribution is 6.14. The van der Waals surface area contributed by atoms with Crippen molar-refractivity contribution in [2.24, 2.45) is 11.8 Å². The maximum atomic E-state index is 14.1. The highest BCUT2D eigenvalue weighted by Gasteiger charge is 2.63. The summed E-state index contributed by atoms with van der Waals surface area (Å²) < 4.78 is 5.11. The summed E-state index contributed by atoms with van der Waals surface area (Å²) in [6.45, 7) is 1.59. The molecule has 3 aromatic carbocycles. The average Bonchev–Trinajstić information content (AvgIpc) is 3.40. The number of amides is 2. The second kappa shape index (κ2) is 9.41. The third-order valence-electron chi connectivity index (χ3n) is 7.64. The summed E-state index contributed by atoms with van der Waals surface area (Å²) in [7, 11) is 0. The first-order valence-electron chi connectivity index (χ1n) is 12.7. The first kappa shape index (κ1) is 23.9. The molecule has 4 atom stereocenters. The van der Waals surface area contributed by atoms with Crippen molar-refractivity contribution in [3.05, 3.63) is 102 Å². The van der Waals surface area contributed by atoms with Crippen LogP contribution in [0.4, 0.5) is 5.69 Å².